The lowest BCUT2D eigenvalue weighted by atomic mass is 9.68. The average Bonchev–Trinajstić information content (AvgIpc) is 2.71. The van der Waals surface area contributed by atoms with E-state index >= 15 is 0 Å². The Labute approximate surface area is 196 Å². The molecule has 4 rings (SSSR count). The van der Waals surface area contributed by atoms with Crippen LogP contribution in [0.15, 0.2) is 65.1 Å². The average molecular weight is 470 g/mol. The van der Waals surface area contributed by atoms with Gasteiger partial charge in [-0.15, -0.1) is 0 Å². The summed E-state index contributed by atoms with van der Waals surface area (Å²) in [4.78, 5) is 30.9. The second-order valence-corrected chi connectivity index (χ2v) is 9.73. The van der Waals surface area contributed by atoms with E-state index in [1.54, 1.807) is 25.3 Å². The van der Waals surface area contributed by atoms with Crippen molar-refractivity contribution in [1.82, 2.24) is 10.3 Å². The summed E-state index contributed by atoms with van der Waals surface area (Å²) < 4.78 is 40.5. The molecule has 34 heavy (non-hydrogen) atoms. The highest BCUT2D eigenvalue weighted by Gasteiger charge is 2.43. The number of nitrogens with zero attached hydrogens (tertiary/aromatic N) is 1. The molecule has 0 saturated heterocycles. The maximum absolute atomic E-state index is 13.5. The Morgan fingerprint density at radius 3 is 2.56 bits per heavy atom. The Hall–Kier alpha value is -3.42. The van der Waals surface area contributed by atoms with E-state index in [9.17, 15) is 22.8 Å². The summed E-state index contributed by atoms with van der Waals surface area (Å²) in [6.07, 6.45) is -2.19. The number of halogens is 3. The number of alkyl halides is 3. The molecule has 0 spiro atoms. The monoisotopic (exact) mass is 469 g/mol. The Bertz CT molecular complexity index is 1240. The summed E-state index contributed by atoms with van der Waals surface area (Å²) >= 11 is 0. The maximum atomic E-state index is 13.5. The summed E-state index contributed by atoms with van der Waals surface area (Å²) in [6.45, 7) is 7.50. The van der Waals surface area contributed by atoms with Crippen LogP contribution >= 0.6 is 0 Å². The summed E-state index contributed by atoms with van der Waals surface area (Å²) in [5.41, 5.74) is 1.73. The van der Waals surface area contributed by atoms with Crippen LogP contribution in [0.4, 0.5) is 19.0 Å². The Morgan fingerprint density at radius 2 is 1.88 bits per heavy atom. The van der Waals surface area contributed by atoms with Crippen molar-refractivity contribution in [3.8, 4) is 0 Å². The van der Waals surface area contributed by atoms with Crippen molar-refractivity contribution >= 4 is 17.5 Å². The van der Waals surface area contributed by atoms with Gasteiger partial charge in [-0.05, 0) is 55.0 Å². The lowest BCUT2D eigenvalue weighted by Gasteiger charge is -2.39. The second-order valence-electron chi connectivity index (χ2n) is 9.73. The molecule has 1 aliphatic heterocycles. The molecule has 2 aromatic rings. The highest BCUT2D eigenvalue weighted by Crippen LogP contribution is 2.47. The minimum Gasteiger partial charge on any atom is -0.362 e. The molecule has 1 aromatic heterocycles. The van der Waals surface area contributed by atoms with Crippen molar-refractivity contribution < 1.29 is 22.8 Å². The molecule has 1 aromatic carbocycles. The van der Waals surface area contributed by atoms with Crippen molar-refractivity contribution in [3.63, 3.8) is 0 Å². The number of carbonyl (C=O) groups excluding carboxylic acids is 2. The lowest BCUT2D eigenvalue weighted by molar-refractivity contribution is -0.137. The molecule has 0 saturated carbocycles. The highest BCUT2D eigenvalue weighted by molar-refractivity contribution is 6.09. The first-order chi connectivity index (χ1) is 15.9. The minimum atomic E-state index is -4.55. The molecular weight excluding hydrogens is 443 g/mol. The number of pyridine rings is 1. The Kier molecular flexibility index (Phi) is 5.87. The molecule has 2 N–H and O–H groups in total. The number of ketones is 1. The van der Waals surface area contributed by atoms with Crippen molar-refractivity contribution in [2.45, 2.75) is 52.6 Å². The Morgan fingerprint density at radius 1 is 1.15 bits per heavy atom. The van der Waals surface area contributed by atoms with E-state index in [0.717, 1.165) is 17.7 Å². The zero-order valence-corrected chi connectivity index (χ0v) is 19.4. The summed E-state index contributed by atoms with van der Waals surface area (Å²) in [5, 5.41) is 5.96. The van der Waals surface area contributed by atoms with Gasteiger partial charge in [0.05, 0.1) is 5.56 Å². The summed E-state index contributed by atoms with van der Waals surface area (Å²) in [7, 11) is 0. The van der Waals surface area contributed by atoms with E-state index in [4.69, 9.17) is 0 Å². The number of benzene rings is 1. The van der Waals surface area contributed by atoms with Gasteiger partial charge < -0.3 is 10.6 Å². The number of aromatic nitrogens is 1. The van der Waals surface area contributed by atoms with E-state index in [1.807, 2.05) is 20.8 Å². The van der Waals surface area contributed by atoms with Gasteiger partial charge in [0, 0.05) is 41.1 Å². The van der Waals surface area contributed by atoms with Crippen LogP contribution in [0.5, 0.6) is 0 Å². The number of allylic oxidation sites excluding steroid dienone is 3. The molecular formula is C26H26F3N3O2. The van der Waals surface area contributed by atoms with E-state index in [2.05, 4.69) is 15.6 Å². The maximum Gasteiger partial charge on any atom is 0.416 e. The van der Waals surface area contributed by atoms with Gasteiger partial charge in [-0.2, -0.15) is 13.2 Å². The number of anilines is 1. The molecule has 0 bridgehead atoms. The van der Waals surface area contributed by atoms with E-state index in [-0.39, 0.29) is 28.8 Å². The van der Waals surface area contributed by atoms with Crippen LogP contribution in [0.1, 0.15) is 56.2 Å². The van der Waals surface area contributed by atoms with Gasteiger partial charge in [0.25, 0.3) is 5.91 Å². The molecule has 1 atom stereocenters. The Balaban J connectivity index is 1.85. The van der Waals surface area contributed by atoms with E-state index in [0.29, 0.717) is 29.2 Å². The predicted molar refractivity (Wildman–Crippen MR) is 123 cm³/mol. The van der Waals surface area contributed by atoms with Crippen LogP contribution in [0.25, 0.3) is 0 Å². The van der Waals surface area contributed by atoms with Gasteiger partial charge in [0.2, 0.25) is 0 Å². The smallest absolute Gasteiger partial charge is 0.362 e. The zero-order valence-electron chi connectivity index (χ0n) is 19.4. The van der Waals surface area contributed by atoms with Gasteiger partial charge >= 0.3 is 6.18 Å². The normalized spacial score (nSPS) is 20.1. The number of nitrogens with one attached hydrogen (secondary N) is 2. The SMILES string of the molecule is CC1=C(C(=O)Nc2cc(C)ccn2)C(c2cccc(C(F)(F)F)c2)C2=C(CC(C)(C)CC2=O)N1. The third-order valence-electron chi connectivity index (χ3n) is 6.19. The van der Waals surface area contributed by atoms with E-state index in [1.165, 1.54) is 12.1 Å². The molecule has 8 heteroatoms. The van der Waals surface area contributed by atoms with Crippen LogP contribution in [0.2, 0.25) is 0 Å². The standard InChI is InChI=1S/C26H26F3N3O2/c1-14-8-9-30-20(10-14)32-24(34)21-15(2)31-18-12-25(3,4)13-19(33)23(18)22(21)16-6-5-7-17(11-16)26(27,28)29/h5-11,22,31H,12-13H2,1-4H3,(H,30,32,34). The molecule has 1 unspecified atom stereocenters. The fraction of sp³-hybridized carbons (Fsp3) is 0.346. The zero-order chi connectivity index (χ0) is 24.8. The predicted octanol–water partition coefficient (Wildman–Crippen LogP) is 5.65. The topological polar surface area (TPSA) is 71.1 Å². The molecule has 0 radical (unpaired) electrons. The third kappa shape index (κ3) is 4.62. The largest absolute Gasteiger partial charge is 0.416 e. The number of aryl methyl sites for hydroxylation is 1. The number of hydrogen-bond donors (Lipinski definition) is 2. The molecule has 0 fully saturated rings. The number of hydrogen-bond acceptors (Lipinski definition) is 4. The molecule has 178 valence electrons. The first-order valence-corrected chi connectivity index (χ1v) is 11.0. The van der Waals surface area contributed by atoms with Gasteiger partial charge in [-0.25, -0.2) is 4.98 Å². The lowest BCUT2D eigenvalue weighted by Crippen LogP contribution is -2.39. The van der Waals surface area contributed by atoms with Crippen LogP contribution in [-0.4, -0.2) is 16.7 Å². The first kappa shape index (κ1) is 23.7. The molecule has 1 aliphatic carbocycles. The van der Waals surface area contributed by atoms with Crippen LogP contribution in [0, 0.1) is 12.3 Å². The van der Waals surface area contributed by atoms with Gasteiger partial charge in [-0.1, -0.05) is 32.0 Å². The number of rotatable bonds is 3. The van der Waals surface area contributed by atoms with Crippen molar-refractivity contribution in [2.24, 2.45) is 5.41 Å². The fourth-order valence-electron chi connectivity index (χ4n) is 4.75. The quantitative estimate of drug-likeness (QED) is 0.609. The number of amides is 1. The minimum absolute atomic E-state index is 0.173. The first-order valence-electron chi connectivity index (χ1n) is 11.0. The van der Waals surface area contributed by atoms with Gasteiger partial charge in [0.15, 0.2) is 5.78 Å². The highest BCUT2D eigenvalue weighted by atomic mass is 19.4. The molecule has 2 aliphatic rings. The second kappa shape index (κ2) is 8.42. The molecule has 1 amide bonds. The van der Waals surface area contributed by atoms with Crippen molar-refractivity contribution in [2.75, 3.05) is 5.32 Å². The van der Waals surface area contributed by atoms with E-state index < -0.39 is 23.6 Å². The van der Waals surface area contributed by atoms with Crippen LogP contribution in [-0.2, 0) is 15.8 Å². The molecule has 2 heterocycles. The summed E-state index contributed by atoms with van der Waals surface area (Å²) in [5.74, 6) is -1.29. The van der Waals surface area contributed by atoms with Crippen molar-refractivity contribution in [3.05, 3.63) is 81.8 Å². The fourth-order valence-corrected chi connectivity index (χ4v) is 4.75. The van der Waals surface area contributed by atoms with Crippen LogP contribution in [0.3, 0.4) is 0 Å². The number of Topliss-reactive ketones (excluding diaryl/α,β-unsaturated/α-hetero) is 1. The number of dihydropyridines is 1. The van der Waals surface area contributed by atoms with Crippen molar-refractivity contribution in [1.29, 1.82) is 0 Å². The summed E-state index contributed by atoms with van der Waals surface area (Å²) in [6, 6.07) is 8.34. The van der Waals surface area contributed by atoms with Crippen LogP contribution < -0.4 is 10.6 Å². The van der Waals surface area contributed by atoms with Gasteiger partial charge in [0.1, 0.15) is 5.82 Å². The molecule has 5 nitrogen and oxygen atoms in total. The third-order valence-corrected chi connectivity index (χ3v) is 6.19. The van der Waals surface area contributed by atoms with Gasteiger partial charge in [-0.3, -0.25) is 9.59 Å². The number of carbonyl (C=O) groups is 2.